The van der Waals surface area contributed by atoms with E-state index in [1.807, 2.05) is 18.2 Å². The second-order valence-corrected chi connectivity index (χ2v) is 6.44. The number of anilines is 1. The van der Waals surface area contributed by atoms with Crippen molar-refractivity contribution in [1.29, 1.82) is 0 Å². The Balaban J connectivity index is 1.44. The largest absolute Gasteiger partial charge is 0.495 e. The minimum atomic E-state index is -0.622. The Hall–Kier alpha value is -2.57. The van der Waals surface area contributed by atoms with Crippen molar-refractivity contribution in [2.24, 2.45) is 0 Å². The van der Waals surface area contributed by atoms with Gasteiger partial charge in [0.15, 0.2) is 0 Å². The highest BCUT2D eigenvalue weighted by molar-refractivity contribution is 5.90. The first-order valence-electron chi connectivity index (χ1n) is 8.81. The number of nitrogens with zero attached hydrogens (tertiary/aromatic N) is 1. The predicted octanol–water partition coefficient (Wildman–Crippen LogP) is 2.24. The van der Waals surface area contributed by atoms with Crippen molar-refractivity contribution in [2.75, 3.05) is 32.1 Å². The number of rotatable bonds is 6. The molecule has 138 valence electrons. The van der Waals surface area contributed by atoms with E-state index >= 15 is 0 Å². The molecule has 3 rings (SSSR count). The predicted molar refractivity (Wildman–Crippen MR) is 101 cm³/mol. The van der Waals surface area contributed by atoms with Crippen LogP contribution in [0.15, 0.2) is 48.5 Å². The molecule has 1 atom stereocenters. The van der Waals surface area contributed by atoms with E-state index in [0.29, 0.717) is 18.0 Å². The zero-order valence-corrected chi connectivity index (χ0v) is 14.9. The van der Waals surface area contributed by atoms with Crippen LogP contribution in [-0.4, -0.2) is 48.9 Å². The summed E-state index contributed by atoms with van der Waals surface area (Å²) >= 11 is 0. The number of β-amino-alcohol motifs (C(OH)–C–C–N with tert-alkyl or cyclic N) is 1. The van der Waals surface area contributed by atoms with E-state index in [0.717, 1.165) is 19.5 Å². The Bertz CT molecular complexity index is 751. The molecule has 1 aliphatic rings. The fourth-order valence-corrected chi connectivity index (χ4v) is 3.20. The van der Waals surface area contributed by atoms with E-state index in [1.54, 1.807) is 19.2 Å². The van der Waals surface area contributed by atoms with Crippen LogP contribution in [0.4, 0.5) is 10.5 Å². The first kappa shape index (κ1) is 18.2. The van der Waals surface area contributed by atoms with Crippen molar-refractivity contribution < 1.29 is 14.6 Å². The van der Waals surface area contributed by atoms with Gasteiger partial charge in [0.05, 0.1) is 18.9 Å². The van der Waals surface area contributed by atoms with Crippen molar-refractivity contribution >= 4 is 11.7 Å². The van der Waals surface area contributed by atoms with Gasteiger partial charge in [-0.2, -0.15) is 0 Å². The zero-order chi connectivity index (χ0) is 18.4. The van der Waals surface area contributed by atoms with Gasteiger partial charge >= 0.3 is 6.03 Å². The number of ether oxygens (including phenoxy) is 1. The van der Waals surface area contributed by atoms with Crippen LogP contribution in [0.2, 0.25) is 0 Å². The van der Waals surface area contributed by atoms with Gasteiger partial charge in [-0.1, -0.05) is 36.4 Å². The third-order valence-corrected chi connectivity index (χ3v) is 4.53. The molecule has 0 aliphatic carbocycles. The topological polar surface area (TPSA) is 73.8 Å². The number of carbonyl (C=O) groups is 1. The first-order valence-corrected chi connectivity index (χ1v) is 8.81. The van der Waals surface area contributed by atoms with E-state index in [2.05, 4.69) is 33.7 Å². The number of urea groups is 1. The molecule has 2 aromatic carbocycles. The van der Waals surface area contributed by atoms with Gasteiger partial charge in [0.2, 0.25) is 0 Å². The molecule has 1 aliphatic heterocycles. The Kier molecular flexibility index (Phi) is 6.09. The highest BCUT2D eigenvalue weighted by Gasteiger charge is 2.18. The van der Waals surface area contributed by atoms with Gasteiger partial charge in [-0.25, -0.2) is 4.79 Å². The molecule has 0 saturated heterocycles. The van der Waals surface area contributed by atoms with Crippen molar-refractivity contribution in [3.05, 3.63) is 59.7 Å². The maximum atomic E-state index is 12.0. The normalized spacial score (nSPS) is 15.0. The number of methoxy groups -OCH3 is 1. The molecule has 0 aromatic heterocycles. The van der Waals surface area contributed by atoms with Crippen LogP contribution >= 0.6 is 0 Å². The molecule has 3 N–H and O–H groups in total. The number of benzene rings is 2. The molecule has 2 aromatic rings. The van der Waals surface area contributed by atoms with Gasteiger partial charge in [-0.05, 0) is 29.7 Å². The standard InChI is InChI=1S/C20H25N3O3/c1-26-19-9-5-4-8-18(19)22-20(25)21-12-17(24)14-23-11-10-15-6-2-3-7-16(15)13-23/h2-9,17,24H,10-14H2,1H3,(H2,21,22,25)/t17-/m1/s1. The van der Waals surface area contributed by atoms with Crippen LogP contribution in [0, 0.1) is 0 Å². The quantitative estimate of drug-likeness (QED) is 0.743. The number of hydrogen-bond acceptors (Lipinski definition) is 4. The van der Waals surface area contributed by atoms with E-state index in [1.165, 1.54) is 11.1 Å². The maximum absolute atomic E-state index is 12.0. The maximum Gasteiger partial charge on any atom is 0.319 e. The number of aliphatic hydroxyl groups is 1. The van der Waals surface area contributed by atoms with Gasteiger partial charge in [0.1, 0.15) is 5.75 Å². The van der Waals surface area contributed by atoms with Crippen molar-refractivity contribution in [3.8, 4) is 5.75 Å². The van der Waals surface area contributed by atoms with Crippen LogP contribution in [0.1, 0.15) is 11.1 Å². The lowest BCUT2D eigenvalue weighted by Gasteiger charge is -2.30. The van der Waals surface area contributed by atoms with Crippen LogP contribution in [0.5, 0.6) is 5.75 Å². The molecule has 0 spiro atoms. The molecule has 6 heteroatoms. The lowest BCUT2D eigenvalue weighted by Crippen LogP contribution is -2.43. The van der Waals surface area contributed by atoms with Crippen LogP contribution in [0.3, 0.4) is 0 Å². The summed E-state index contributed by atoms with van der Waals surface area (Å²) in [6, 6.07) is 15.2. The summed E-state index contributed by atoms with van der Waals surface area (Å²) in [5, 5.41) is 15.7. The Morgan fingerprint density at radius 2 is 1.92 bits per heavy atom. The first-order chi connectivity index (χ1) is 12.7. The third kappa shape index (κ3) is 4.74. The molecule has 2 amide bonds. The second-order valence-electron chi connectivity index (χ2n) is 6.44. The van der Waals surface area contributed by atoms with Crippen molar-refractivity contribution in [3.63, 3.8) is 0 Å². The van der Waals surface area contributed by atoms with Gasteiger partial charge in [0, 0.05) is 26.2 Å². The van der Waals surface area contributed by atoms with Crippen LogP contribution in [0.25, 0.3) is 0 Å². The lowest BCUT2D eigenvalue weighted by atomic mass is 10.00. The minimum Gasteiger partial charge on any atom is -0.495 e. The molecule has 6 nitrogen and oxygen atoms in total. The smallest absolute Gasteiger partial charge is 0.319 e. The minimum absolute atomic E-state index is 0.194. The van der Waals surface area contributed by atoms with E-state index in [4.69, 9.17) is 4.74 Å². The summed E-state index contributed by atoms with van der Waals surface area (Å²) in [5.74, 6) is 0.593. The van der Waals surface area contributed by atoms with Gasteiger partial charge in [0.25, 0.3) is 0 Å². The van der Waals surface area contributed by atoms with Crippen molar-refractivity contribution in [2.45, 2.75) is 19.1 Å². The highest BCUT2D eigenvalue weighted by Crippen LogP contribution is 2.22. The molecule has 0 unspecified atom stereocenters. The van der Waals surface area contributed by atoms with Gasteiger partial charge < -0.3 is 20.5 Å². The number of carbonyl (C=O) groups excluding carboxylic acids is 1. The van der Waals surface area contributed by atoms with E-state index < -0.39 is 6.10 Å². The molecule has 0 radical (unpaired) electrons. The summed E-state index contributed by atoms with van der Waals surface area (Å²) in [6.07, 6.45) is 0.369. The number of nitrogens with one attached hydrogen (secondary N) is 2. The van der Waals surface area contributed by atoms with Crippen molar-refractivity contribution in [1.82, 2.24) is 10.2 Å². The van der Waals surface area contributed by atoms with Crippen LogP contribution in [-0.2, 0) is 13.0 Å². The molecular formula is C20H25N3O3. The summed E-state index contributed by atoms with van der Waals surface area (Å²) in [7, 11) is 1.55. The molecule has 0 fully saturated rings. The van der Waals surface area contributed by atoms with Crippen LogP contribution < -0.4 is 15.4 Å². The summed E-state index contributed by atoms with van der Waals surface area (Å²) in [4.78, 5) is 14.3. The Morgan fingerprint density at radius 1 is 1.19 bits per heavy atom. The number of amides is 2. The zero-order valence-electron chi connectivity index (χ0n) is 14.9. The van der Waals surface area contributed by atoms with Gasteiger partial charge in [-0.15, -0.1) is 0 Å². The number of para-hydroxylation sites is 2. The number of hydrogen-bond donors (Lipinski definition) is 3. The average Bonchev–Trinajstić information content (AvgIpc) is 2.67. The molecular weight excluding hydrogens is 330 g/mol. The van der Waals surface area contributed by atoms with E-state index in [9.17, 15) is 9.90 Å². The fourth-order valence-electron chi connectivity index (χ4n) is 3.20. The summed E-state index contributed by atoms with van der Waals surface area (Å²) in [5.41, 5.74) is 3.29. The third-order valence-electron chi connectivity index (χ3n) is 4.53. The van der Waals surface area contributed by atoms with E-state index in [-0.39, 0.29) is 12.6 Å². The van der Waals surface area contributed by atoms with Gasteiger partial charge in [-0.3, -0.25) is 4.90 Å². The number of aliphatic hydroxyl groups excluding tert-OH is 1. The highest BCUT2D eigenvalue weighted by atomic mass is 16.5. The average molecular weight is 355 g/mol. The summed E-state index contributed by atoms with van der Waals surface area (Å²) < 4.78 is 5.20. The lowest BCUT2D eigenvalue weighted by molar-refractivity contribution is 0.106. The Labute approximate surface area is 153 Å². The summed E-state index contributed by atoms with van der Waals surface area (Å²) in [6.45, 7) is 2.48. The monoisotopic (exact) mass is 355 g/mol. The number of fused-ring (bicyclic) bond motifs is 1. The molecule has 0 saturated carbocycles. The molecule has 26 heavy (non-hydrogen) atoms. The SMILES string of the molecule is COc1ccccc1NC(=O)NC[C@@H](O)CN1CCc2ccccc2C1. The Morgan fingerprint density at radius 3 is 2.73 bits per heavy atom. The molecule has 1 heterocycles. The fraction of sp³-hybridized carbons (Fsp3) is 0.350. The second kappa shape index (κ2) is 8.69. The molecule has 0 bridgehead atoms.